The number of hydrogen-bond acceptors (Lipinski definition) is 3. The molecule has 2 rings (SSSR count). The molecule has 0 aromatic rings. The van der Waals surface area contributed by atoms with Crippen molar-refractivity contribution in [1.82, 2.24) is 4.90 Å². The van der Waals surface area contributed by atoms with Crippen LogP contribution in [0.5, 0.6) is 0 Å². The van der Waals surface area contributed by atoms with Gasteiger partial charge in [-0.2, -0.15) is 0 Å². The molecule has 2 bridgehead atoms. The number of carbonyl (C=O) groups is 1. The Labute approximate surface area is 103 Å². The van der Waals surface area contributed by atoms with Crippen molar-refractivity contribution in [3.8, 4) is 0 Å². The lowest BCUT2D eigenvalue weighted by molar-refractivity contribution is 0.0142. The zero-order valence-electron chi connectivity index (χ0n) is 11.1. The Morgan fingerprint density at radius 3 is 2.53 bits per heavy atom. The monoisotopic (exact) mass is 238 g/mol. The number of piperidine rings is 1. The first kappa shape index (κ1) is 12.4. The van der Waals surface area contributed by atoms with Gasteiger partial charge in [0.05, 0.1) is 6.04 Å². The number of ether oxygens (including phenoxy) is 1. The maximum atomic E-state index is 12.2. The lowest BCUT2D eigenvalue weighted by atomic mass is 9.95. The highest BCUT2D eigenvalue weighted by Gasteiger charge is 2.50. The van der Waals surface area contributed by atoms with Crippen molar-refractivity contribution in [3.63, 3.8) is 0 Å². The number of nitrogens with zero attached hydrogens (tertiary/aromatic N) is 1. The molecular weight excluding hydrogens is 216 g/mol. The average Bonchev–Trinajstić information content (AvgIpc) is 2.72. The van der Waals surface area contributed by atoms with Crippen LogP contribution in [0.4, 0.5) is 4.79 Å². The van der Waals surface area contributed by atoms with Gasteiger partial charge in [-0.1, -0.05) is 0 Å². The summed E-state index contributed by atoms with van der Waals surface area (Å²) >= 11 is 0. The quantitative estimate of drug-likeness (QED) is 0.714. The number of carbonyl (C=O) groups excluding carboxylic acids is 1. The molecule has 1 aliphatic heterocycles. The van der Waals surface area contributed by atoms with Crippen LogP contribution in [0.3, 0.4) is 0 Å². The Kier molecular flexibility index (Phi) is 2.92. The predicted molar refractivity (Wildman–Crippen MR) is 66.4 cm³/mol. The Balaban J connectivity index is 2.14. The Morgan fingerprint density at radius 1 is 1.35 bits per heavy atom. The molecule has 2 aliphatic rings. The highest BCUT2D eigenvalue weighted by Crippen LogP contribution is 2.43. The fourth-order valence-electron chi connectivity index (χ4n) is 3.12. The summed E-state index contributed by atoms with van der Waals surface area (Å²) in [5, 5.41) is 7.85. The van der Waals surface area contributed by atoms with Crippen LogP contribution in [0.15, 0.2) is 0 Å². The molecule has 1 N–H and O–H groups in total. The molecule has 3 atom stereocenters. The number of likely N-dealkylation sites (tertiary alicyclic amines) is 1. The Hall–Kier alpha value is -1.06. The zero-order valence-corrected chi connectivity index (χ0v) is 11.1. The van der Waals surface area contributed by atoms with Crippen molar-refractivity contribution in [2.75, 3.05) is 0 Å². The van der Waals surface area contributed by atoms with E-state index < -0.39 is 5.60 Å². The number of rotatable bonds is 1. The Morgan fingerprint density at radius 2 is 2.00 bits per heavy atom. The highest BCUT2D eigenvalue weighted by atomic mass is 16.6. The first-order chi connectivity index (χ1) is 7.79. The fourth-order valence-corrected chi connectivity index (χ4v) is 3.12. The van der Waals surface area contributed by atoms with Gasteiger partial charge in [-0.3, -0.25) is 4.90 Å². The molecular formula is C13H22N2O2. The second-order valence-corrected chi connectivity index (χ2v) is 6.24. The van der Waals surface area contributed by atoms with Crippen LogP contribution in [0.25, 0.3) is 0 Å². The molecule has 0 unspecified atom stereocenters. The van der Waals surface area contributed by atoms with Crippen LogP contribution in [0.2, 0.25) is 0 Å². The van der Waals surface area contributed by atoms with Crippen molar-refractivity contribution in [1.29, 1.82) is 5.41 Å². The molecule has 2 fully saturated rings. The summed E-state index contributed by atoms with van der Waals surface area (Å²) in [7, 11) is 0. The van der Waals surface area contributed by atoms with Crippen molar-refractivity contribution in [2.24, 2.45) is 5.92 Å². The topological polar surface area (TPSA) is 53.4 Å². The molecule has 17 heavy (non-hydrogen) atoms. The molecule has 1 amide bonds. The fraction of sp³-hybridized carbons (Fsp3) is 0.846. The van der Waals surface area contributed by atoms with E-state index in [0.29, 0.717) is 17.7 Å². The summed E-state index contributed by atoms with van der Waals surface area (Å²) in [6.07, 6.45) is 3.00. The summed E-state index contributed by atoms with van der Waals surface area (Å²) < 4.78 is 5.44. The summed E-state index contributed by atoms with van der Waals surface area (Å²) in [6, 6.07) is 0.267. The minimum absolute atomic E-state index is 0.0244. The molecule has 1 aliphatic carbocycles. The summed E-state index contributed by atoms with van der Waals surface area (Å²) in [5.74, 6) is 0.477. The maximum Gasteiger partial charge on any atom is 0.411 e. The number of fused-ring (bicyclic) bond motifs is 2. The Bertz CT molecular complexity index is 346. The average molecular weight is 238 g/mol. The molecule has 1 heterocycles. The summed E-state index contributed by atoms with van der Waals surface area (Å²) in [6.45, 7) is 7.44. The van der Waals surface area contributed by atoms with E-state index in [1.165, 1.54) is 0 Å². The molecule has 96 valence electrons. The van der Waals surface area contributed by atoms with Gasteiger partial charge in [-0.15, -0.1) is 0 Å². The normalized spacial score (nSPS) is 31.8. The lowest BCUT2D eigenvalue weighted by Gasteiger charge is -2.36. The largest absolute Gasteiger partial charge is 0.444 e. The second-order valence-electron chi connectivity index (χ2n) is 6.24. The van der Waals surface area contributed by atoms with Crippen molar-refractivity contribution >= 4 is 11.8 Å². The van der Waals surface area contributed by atoms with E-state index >= 15 is 0 Å². The molecule has 0 aromatic carbocycles. The smallest absolute Gasteiger partial charge is 0.411 e. The predicted octanol–water partition coefficient (Wildman–Crippen LogP) is 2.81. The van der Waals surface area contributed by atoms with Gasteiger partial charge in [0.2, 0.25) is 0 Å². The van der Waals surface area contributed by atoms with E-state index in [4.69, 9.17) is 10.1 Å². The van der Waals surface area contributed by atoms with Crippen LogP contribution in [-0.2, 0) is 4.74 Å². The van der Waals surface area contributed by atoms with Crippen LogP contribution in [0, 0.1) is 11.3 Å². The number of hydrogen-bond donors (Lipinski definition) is 1. The van der Waals surface area contributed by atoms with Gasteiger partial charge < -0.3 is 10.1 Å². The minimum Gasteiger partial charge on any atom is -0.444 e. The molecule has 1 saturated heterocycles. The van der Waals surface area contributed by atoms with E-state index in [0.717, 1.165) is 19.3 Å². The summed E-state index contributed by atoms with van der Waals surface area (Å²) in [4.78, 5) is 14.0. The number of amides is 1. The minimum atomic E-state index is -0.459. The molecule has 1 saturated carbocycles. The molecule has 0 aromatic heterocycles. The van der Waals surface area contributed by atoms with Crippen LogP contribution < -0.4 is 0 Å². The SMILES string of the molecule is CC(=N)[C@@H]1[C@H]2CC[C@H](C2)N1C(=O)OC(C)(C)C. The van der Waals surface area contributed by atoms with Crippen molar-refractivity contribution < 1.29 is 9.53 Å². The van der Waals surface area contributed by atoms with E-state index in [9.17, 15) is 4.79 Å². The van der Waals surface area contributed by atoms with Gasteiger partial charge in [-0.05, 0) is 52.9 Å². The number of nitrogens with one attached hydrogen (secondary N) is 1. The summed E-state index contributed by atoms with van der Waals surface area (Å²) in [5.41, 5.74) is 0.127. The van der Waals surface area contributed by atoms with Crippen molar-refractivity contribution in [2.45, 2.75) is 64.6 Å². The van der Waals surface area contributed by atoms with Gasteiger partial charge in [0.25, 0.3) is 0 Å². The van der Waals surface area contributed by atoms with Crippen LogP contribution in [-0.4, -0.2) is 34.4 Å². The van der Waals surface area contributed by atoms with Gasteiger partial charge >= 0.3 is 6.09 Å². The first-order valence-corrected chi connectivity index (χ1v) is 6.36. The van der Waals surface area contributed by atoms with Gasteiger partial charge in [0, 0.05) is 11.8 Å². The molecule has 0 radical (unpaired) electrons. The molecule has 4 nitrogen and oxygen atoms in total. The molecule has 4 heteroatoms. The standard InChI is InChI=1S/C13H22N2O2/c1-8(14)11-9-5-6-10(7-9)15(11)12(16)17-13(2,3)4/h9-11,14H,5-7H2,1-4H3/t9-,10+,11+/m0/s1. The third-order valence-corrected chi connectivity index (χ3v) is 3.63. The maximum absolute atomic E-state index is 12.2. The van der Waals surface area contributed by atoms with Crippen LogP contribution >= 0.6 is 0 Å². The van der Waals surface area contributed by atoms with Gasteiger partial charge in [0.1, 0.15) is 5.60 Å². The van der Waals surface area contributed by atoms with E-state index in [1.807, 2.05) is 25.7 Å². The third kappa shape index (κ3) is 2.31. The molecule has 0 spiro atoms. The second kappa shape index (κ2) is 4.00. The van der Waals surface area contributed by atoms with Gasteiger partial charge in [0.15, 0.2) is 0 Å². The van der Waals surface area contributed by atoms with E-state index in [1.54, 1.807) is 6.92 Å². The lowest BCUT2D eigenvalue weighted by Crippen LogP contribution is -2.49. The zero-order chi connectivity index (χ0) is 12.8. The van der Waals surface area contributed by atoms with Crippen molar-refractivity contribution in [3.05, 3.63) is 0 Å². The van der Waals surface area contributed by atoms with E-state index in [2.05, 4.69) is 0 Å². The van der Waals surface area contributed by atoms with Crippen LogP contribution in [0.1, 0.15) is 47.0 Å². The first-order valence-electron chi connectivity index (χ1n) is 6.36. The van der Waals surface area contributed by atoms with E-state index in [-0.39, 0.29) is 12.1 Å². The van der Waals surface area contributed by atoms with Gasteiger partial charge in [-0.25, -0.2) is 4.79 Å². The highest BCUT2D eigenvalue weighted by molar-refractivity contribution is 5.89. The third-order valence-electron chi connectivity index (χ3n) is 3.63.